The van der Waals surface area contributed by atoms with Crippen molar-refractivity contribution < 1.29 is 24.1 Å². The molecule has 0 aliphatic carbocycles. The Morgan fingerprint density at radius 2 is 1.42 bits per heavy atom. The molecule has 0 rings (SSSR count). The Kier molecular flexibility index (Phi) is 4.20. The minimum Gasteiger partial charge on any atom is -0.302 e. The monoisotopic (exact) mass is 176 g/mol. The van der Waals surface area contributed by atoms with E-state index >= 15 is 0 Å². The highest BCUT2D eigenvalue weighted by Crippen LogP contribution is 1.89. The van der Waals surface area contributed by atoms with Gasteiger partial charge in [-0.15, -0.1) is 0 Å². The van der Waals surface area contributed by atoms with Gasteiger partial charge in [0.05, 0.1) is 0 Å². The lowest BCUT2D eigenvalue weighted by Crippen LogP contribution is -2.27. The van der Waals surface area contributed by atoms with Crippen LogP contribution in [-0.2, 0) is 19.3 Å². The van der Waals surface area contributed by atoms with E-state index in [4.69, 9.17) is 0 Å². The second kappa shape index (κ2) is 4.94. The molecule has 68 valence electrons. The molecule has 0 bridgehead atoms. The molecule has 12 heavy (non-hydrogen) atoms. The highest BCUT2D eigenvalue weighted by molar-refractivity contribution is 5.62. The molecular formula is C5H8N2O5. The van der Waals surface area contributed by atoms with E-state index in [0.717, 1.165) is 0 Å². The molecular weight excluding hydrogens is 168 g/mol. The zero-order valence-electron chi connectivity index (χ0n) is 6.59. The van der Waals surface area contributed by atoms with E-state index < -0.39 is 6.16 Å². The summed E-state index contributed by atoms with van der Waals surface area (Å²) >= 11 is 0. The molecule has 0 unspecified atom stereocenters. The summed E-state index contributed by atoms with van der Waals surface area (Å²) in [6.07, 6.45) is -0.635. The average molecular weight is 176 g/mol. The standard InChI is InChI=1S/C5H8N2O5/c1-6(3-8)11-5(10)12-7(2)4-9/h3-4H,1-2H3. The summed E-state index contributed by atoms with van der Waals surface area (Å²) in [5, 5.41) is 1.20. The molecule has 2 amide bonds. The van der Waals surface area contributed by atoms with Crippen molar-refractivity contribution in [3.8, 4) is 0 Å². The zero-order chi connectivity index (χ0) is 9.56. The average Bonchev–Trinajstić information content (AvgIpc) is 2.03. The quantitative estimate of drug-likeness (QED) is 0.411. The predicted octanol–water partition coefficient (Wildman–Crippen LogP) is -0.854. The molecule has 7 heteroatoms. The lowest BCUT2D eigenvalue weighted by Gasteiger charge is -2.12. The SMILES string of the molecule is CN(C=O)OC(=O)ON(C)C=O. The summed E-state index contributed by atoms with van der Waals surface area (Å²) in [5.41, 5.74) is 0. The topological polar surface area (TPSA) is 76.2 Å². The molecule has 0 radical (unpaired) electrons. The number of hydroxylamine groups is 4. The van der Waals surface area contributed by atoms with E-state index in [2.05, 4.69) is 9.68 Å². The number of hydrogen-bond acceptors (Lipinski definition) is 5. The predicted molar refractivity (Wildman–Crippen MR) is 35.2 cm³/mol. The van der Waals surface area contributed by atoms with Gasteiger partial charge in [-0.05, 0) is 0 Å². The third kappa shape index (κ3) is 4.09. The van der Waals surface area contributed by atoms with Crippen LogP contribution in [0.4, 0.5) is 4.79 Å². The third-order valence-corrected chi connectivity index (χ3v) is 0.734. The van der Waals surface area contributed by atoms with Crippen LogP contribution in [0.3, 0.4) is 0 Å². The maximum Gasteiger partial charge on any atom is 0.559 e. The minimum absolute atomic E-state index is 0.266. The number of rotatable bonds is 4. The third-order valence-electron chi connectivity index (χ3n) is 0.734. The lowest BCUT2D eigenvalue weighted by atomic mass is 11.1. The number of amides is 2. The van der Waals surface area contributed by atoms with E-state index in [1.807, 2.05) is 0 Å². The maximum absolute atomic E-state index is 10.5. The molecule has 0 heterocycles. The van der Waals surface area contributed by atoms with Crippen molar-refractivity contribution in [2.75, 3.05) is 14.1 Å². The smallest absolute Gasteiger partial charge is 0.302 e. The van der Waals surface area contributed by atoms with Crippen LogP contribution < -0.4 is 0 Å². The Morgan fingerprint density at radius 3 is 1.67 bits per heavy atom. The highest BCUT2D eigenvalue weighted by Gasteiger charge is 2.09. The maximum atomic E-state index is 10.5. The first-order chi connectivity index (χ1) is 5.60. The molecule has 0 spiro atoms. The molecule has 0 N–H and O–H groups in total. The van der Waals surface area contributed by atoms with Crippen LogP contribution in [0.25, 0.3) is 0 Å². The van der Waals surface area contributed by atoms with Gasteiger partial charge in [-0.3, -0.25) is 9.59 Å². The summed E-state index contributed by atoms with van der Waals surface area (Å²) in [6.45, 7) is 0. The molecule has 7 nitrogen and oxygen atoms in total. The molecule has 0 aromatic rings. The van der Waals surface area contributed by atoms with Gasteiger partial charge in [0.15, 0.2) is 0 Å². The minimum atomic E-state index is -1.17. The van der Waals surface area contributed by atoms with E-state index in [1.165, 1.54) is 14.1 Å². The normalized spacial score (nSPS) is 8.17. The summed E-state index contributed by atoms with van der Waals surface area (Å²) in [6, 6.07) is 0. The molecule has 0 saturated heterocycles. The number of nitrogens with zero attached hydrogens (tertiary/aromatic N) is 2. The zero-order valence-corrected chi connectivity index (χ0v) is 6.59. The van der Waals surface area contributed by atoms with Crippen molar-refractivity contribution in [2.24, 2.45) is 0 Å². The molecule has 0 atom stereocenters. The van der Waals surface area contributed by atoms with E-state index in [9.17, 15) is 14.4 Å². The van der Waals surface area contributed by atoms with Gasteiger partial charge in [0.1, 0.15) is 0 Å². The van der Waals surface area contributed by atoms with Gasteiger partial charge in [0, 0.05) is 14.1 Å². The number of hydrogen-bond donors (Lipinski definition) is 0. The number of carbonyl (C=O) groups excluding carboxylic acids is 3. The largest absolute Gasteiger partial charge is 0.559 e. The summed E-state index contributed by atoms with van der Waals surface area (Å²) in [4.78, 5) is 38.7. The first kappa shape index (κ1) is 10.2. The lowest BCUT2D eigenvalue weighted by molar-refractivity contribution is -0.177. The van der Waals surface area contributed by atoms with Crippen LogP contribution in [0.15, 0.2) is 0 Å². The molecule has 0 aromatic heterocycles. The van der Waals surface area contributed by atoms with Crippen molar-refractivity contribution in [2.45, 2.75) is 0 Å². The van der Waals surface area contributed by atoms with Gasteiger partial charge < -0.3 is 9.68 Å². The van der Waals surface area contributed by atoms with Gasteiger partial charge in [-0.2, -0.15) is 14.9 Å². The van der Waals surface area contributed by atoms with Crippen molar-refractivity contribution in [1.29, 1.82) is 0 Å². The van der Waals surface area contributed by atoms with Crippen LogP contribution in [0.2, 0.25) is 0 Å². The molecule has 0 aliphatic heterocycles. The van der Waals surface area contributed by atoms with Crippen molar-refractivity contribution in [1.82, 2.24) is 10.1 Å². The first-order valence-electron chi connectivity index (χ1n) is 2.86. The molecule has 0 saturated carbocycles. The van der Waals surface area contributed by atoms with Crippen molar-refractivity contribution >= 4 is 19.0 Å². The molecule has 0 aliphatic rings. The molecule has 0 aromatic carbocycles. The van der Waals surface area contributed by atoms with Crippen LogP contribution in [-0.4, -0.2) is 43.2 Å². The summed E-state index contributed by atoms with van der Waals surface area (Å²) in [5.74, 6) is 0. The Bertz CT molecular complexity index is 165. The fourth-order valence-corrected chi connectivity index (χ4v) is 0.295. The molecule has 0 fully saturated rings. The first-order valence-corrected chi connectivity index (χ1v) is 2.86. The highest BCUT2D eigenvalue weighted by atomic mass is 16.9. The Morgan fingerprint density at radius 1 is 1.08 bits per heavy atom. The van der Waals surface area contributed by atoms with E-state index in [0.29, 0.717) is 10.1 Å². The fraction of sp³-hybridized carbons (Fsp3) is 0.400. The second-order valence-corrected chi connectivity index (χ2v) is 1.74. The fourth-order valence-electron chi connectivity index (χ4n) is 0.295. The van der Waals surface area contributed by atoms with Gasteiger partial charge in [-0.25, -0.2) is 0 Å². The van der Waals surface area contributed by atoms with Crippen LogP contribution in [0.5, 0.6) is 0 Å². The van der Waals surface area contributed by atoms with E-state index in [-0.39, 0.29) is 12.8 Å². The van der Waals surface area contributed by atoms with Gasteiger partial charge in [0.2, 0.25) is 12.8 Å². The van der Waals surface area contributed by atoms with Gasteiger partial charge in [0.25, 0.3) is 0 Å². The number of carbonyl (C=O) groups is 3. The Balaban J connectivity index is 3.73. The van der Waals surface area contributed by atoms with Crippen molar-refractivity contribution in [3.05, 3.63) is 0 Å². The van der Waals surface area contributed by atoms with Gasteiger partial charge >= 0.3 is 6.16 Å². The van der Waals surface area contributed by atoms with Gasteiger partial charge in [-0.1, -0.05) is 0 Å². The summed E-state index contributed by atoms with van der Waals surface area (Å²) in [7, 11) is 2.41. The summed E-state index contributed by atoms with van der Waals surface area (Å²) < 4.78 is 0. The van der Waals surface area contributed by atoms with Crippen LogP contribution in [0.1, 0.15) is 0 Å². The Hall–Kier alpha value is -1.79. The Labute approximate surface area is 68.3 Å². The second-order valence-electron chi connectivity index (χ2n) is 1.74. The van der Waals surface area contributed by atoms with Crippen LogP contribution >= 0.6 is 0 Å². The van der Waals surface area contributed by atoms with E-state index in [1.54, 1.807) is 0 Å². The van der Waals surface area contributed by atoms with Crippen LogP contribution in [0, 0.1) is 0 Å². The van der Waals surface area contributed by atoms with Crippen molar-refractivity contribution in [3.63, 3.8) is 0 Å².